The Morgan fingerprint density at radius 1 is 1.45 bits per heavy atom. The predicted octanol–water partition coefficient (Wildman–Crippen LogP) is 2.41. The molecule has 0 fully saturated rings. The molecule has 1 N–H and O–H groups in total. The lowest BCUT2D eigenvalue weighted by molar-refractivity contribution is -0.142. The van der Waals surface area contributed by atoms with Crippen molar-refractivity contribution >= 4 is 17.6 Å². The summed E-state index contributed by atoms with van der Waals surface area (Å²) in [6.07, 6.45) is 0. The van der Waals surface area contributed by atoms with Gasteiger partial charge in [0.05, 0.1) is 17.0 Å². The summed E-state index contributed by atoms with van der Waals surface area (Å²) >= 11 is 5.63. The van der Waals surface area contributed by atoms with E-state index in [-0.39, 0.29) is 5.02 Å². The fourth-order valence-corrected chi connectivity index (χ4v) is 1.83. The van der Waals surface area contributed by atoms with E-state index in [4.69, 9.17) is 16.7 Å². The molecule has 1 aromatic carbocycles. The molecular weight excluding hydrogens is 287 g/mol. The van der Waals surface area contributed by atoms with Crippen LogP contribution in [0.1, 0.15) is 19.9 Å². The standard InChI is InChI=1S/C12H12ClFN4O2/c1-6(12(19)20)7(2)18-11(15-16-17-18)8-3-4-9(13)10(14)5-8/h3-7H,1-2H3,(H,19,20). The number of hydrogen-bond acceptors (Lipinski definition) is 4. The quantitative estimate of drug-likeness (QED) is 0.937. The maximum atomic E-state index is 13.5. The first kappa shape index (κ1) is 14.4. The fraction of sp³-hybridized carbons (Fsp3) is 0.333. The van der Waals surface area contributed by atoms with Crippen LogP contribution in [0.15, 0.2) is 18.2 Å². The molecule has 0 aliphatic heterocycles. The first-order chi connectivity index (χ1) is 9.41. The number of aliphatic carboxylic acids is 1. The van der Waals surface area contributed by atoms with E-state index in [1.54, 1.807) is 19.9 Å². The Labute approximate surface area is 119 Å². The number of carbonyl (C=O) groups is 1. The van der Waals surface area contributed by atoms with E-state index in [9.17, 15) is 9.18 Å². The number of carboxylic acids is 1. The number of halogens is 2. The molecule has 2 unspecified atom stereocenters. The molecule has 2 rings (SSSR count). The van der Waals surface area contributed by atoms with E-state index in [2.05, 4.69) is 15.5 Å². The average molecular weight is 299 g/mol. The van der Waals surface area contributed by atoms with Crippen molar-refractivity contribution in [1.82, 2.24) is 20.2 Å². The van der Waals surface area contributed by atoms with Crippen molar-refractivity contribution in [3.05, 3.63) is 29.0 Å². The molecule has 0 saturated carbocycles. The minimum absolute atomic E-state index is 0.000253. The Morgan fingerprint density at radius 2 is 2.15 bits per heavy atom. The zero-order valence-corrected chi connectivity index (χ0v) is 11.5. The zero-order valence-electron chi connectivity index (χ0n) is 10.8. The lowest BCUT2D eigenvalue weighted by Gasteiger charge is -2.17. The molecule has 0 radical (unpaired) electrons. The summed E-state index contributed by atoms with van der Waals surface area (Å²) in [5.41, 5.74) is 0.432. The van der Waals surface area contributed by atoms with Crippen molar-refractivity contribution in [2.45, 2.75) is 19.9 Å². The van der Waals surface area contributed by atoms with Crippen molar-refractivity contribution in [2.75, 3.05) is 0 Å². The Morgan fingerprint density at radius 3 is 2.75 bits per heavy atom. The number of benzene rings is 1. The van der Waals surface area contributed by atoms with Crippen LogP contribution in [0.4, 0.5) is 4.39 Å². The van der Waals surface area contributed by atoms with Crippen LogP contribution in [-0.4, -0.2) is 31.3 Å². The Hall–Kier alpha value is -2.02. The van der Waals surface area contributed by atoms with Gasteiger partial charge in [-0.1, -0.05) is 11.6 Å². The monoisotopic (exact) mass is 298 g/mol. The van der Waals surface area contributed by atoms with Crippen LogP contribution in [-0.2, 0) is 4.79 Å². The third-order valence-corrected chi connectivity index (χ3v) is 3.48. The molecule has 1 aromatic heterocycles. The Balaban J connectivity index is 2.42. The number of hydrogen-bond donors (Lipinski definition) is 1. The normalized spacial score (nSPS) is 14.0. The third-order valence-electron chi connectivity index (χ3n) is 3.17. The molecule has 106 valence electrons. The second-order valence-corrected chi connectivity index (χ2v) is 4.85. The van der Waals surface area contributed by atoms with E-state index >= 15 is 0 Å². The first-order valence-electron chi connectivity index (χ1n) is 5.88. The Kier molecular flexibility index (Phi) is 3.99. The van der Waals surface area contributed by atoms with Crippen molar-refractivity contribution in [2.24, 2.45) is 5.92 Å². The lowest BCUT2D eigenvalue weighted by Crippen LogP contribution is -2.23. The van der Waals surface area contributed by atoms with E-state index in [0.717, 1.165) is 0 Å². The van der Waals surface area contributed by atoms with Crippen LogP contribution in [0.5, 0.6) is 0 Å². The number of nitrogens with zero attached hydrogens (tertiary/aromatic N) is 4. The Bertz CT molecular complexity index is 646. The first-order valence-corrected chi connectivity index (χ1v) is 6.25. The second-order valence-electron chi connectivity index (χ2n) is 4.44. The molecule has 6 nitrogen and oxygen atoms in total. The number of aromatic nitrogens is 4. The van der Waals surface area contributed by atoms with Crippen LogP contribution in [0.2, 0.25) is 5.02 Å². The third kappa shape index (κ3) is 2.62. The van der Waals surface area contributed by atoms with Gasteiger partial charge in [0.15, 0.2) is 5.82 Å². The molecule has 0 saturated heterocycles. The van der Waals surface area contributed by atoms with Gasteiger partial charge in [-0.15, -0.1) is 5.10 Å². The molecule has 0 aliphatic carbocycles. The molecule has 8 heteroatoms. The summed E-state index contributed by atoms with van der Waals surface area (Å²) in [6, 6.07) is 3.71. The number of tetrazole rings is 1. The van der Waals surface area contributed by atoms with E-state index in [0.29, 0.717) is 11.4 Å². The van der Waals surface area contributed by atoms with Gasteiger partial charge in [0.25, 0.3) is 0 Å². The van der Waals surface area contributed by atoms with Crippen LogP contribution in [0.3, 0.4) is 0 Å². The van der Waals surface area contributed by atoms with Crippen LogP contribution in [0.25, 0.3) is 11.4 Å². The topological polar surface area (TPSA) is 80.9 Å². The smallest absolute Gasteiger partial charge is 0.308 e. The molecular formula is C12H12ClFN4O2. The molecule has 2 aromatic rings. The maximum Gasteiger partial charge on any atom is 0.308 e. The SMILES string of the molecule is CC(C(=O)O)C(C)n1nnnc1-c1ccc(Cl)c(F)c1. The maximum absolute atomic E-state index is 13.5. The minimum atomic E-state index is -0.957. The summed E-state index contributed by atoms with van der Waals surface area (Å²) in [5, 5.41) is 20.2. The van der Waals surface area contributed by atoms with Crippen LogP contribution in [0, 0.1) is 11.7 Å². The van der Waals surface area contributed by atoms with Gasteiger partial charge < -0.3 is 5.11 Å². The number of carboxylic acid groups (broad SMARTS) is 1. The molecule has 0 aliphatic rings. The summed E-state index contributed by atoms with van der Waals surface area (Å²) in [6.45, 7) is 3.24. The highest BCUT2D eigenvalue weighted by atomic mass is 35.5. The van der Waals surface area contributed by atoms with Gasteiger partial charge in [-0.3, -0.25) is 4.79 Å². The van der Waals surface area contributed by atoms with Crippen LogP contribution >= 0.6 is 11.6 Å². The summed E-state index contributed by atoms with van der Waals surface area (Å²) in [4.78, 5) is 11.0. The highest BCUT2D eigenvalue weighted by Crippen LogP contribution is 2.26. The van der Waals surface area contributed by atoms with E-state index < -0.39 is 23.7 Å². The number of rotatable bonds is 4. The largest absolute Gasteiger partial charge is 0.481 e. The summed E-state index contributed by atoms with van der Waals surface area (Å²) < 4.78 is 14.8. The molecule has 0 spiro atoms. The van der Waals surface area contributed by atoms with Crippen molar-refractivity contribution < 1.29 is 14.3 Å². The van der Waals surface area contributed by atoms with Gasteiger partial charge in [0.2, 0.25) is 0 Å². The van der Waals surface area contributed by atoms with Gasteiger partial charge in [0.1, 0.15) is 5.82 Å². The van der Waals surface area contributed by atoms with Gasteiger partial charge in [-0.2, -0.15) is 0 Å². The molecule has 0 amide bonds. The van der Waals surface area contributed by atoms with Crippen LogP contribution < -0.4 is 0 Å². The summed E-state index contributed by atoms with van der Waals surface area (Å²) in [5.74, 6) is -1.94. The molecule has 0 bridgehead atoms. The van der Waals surface area contributed by atoms with E-state index in [1.807, 2.05) is 0 Å². The van der Waals surface area contributed by atoms with Gasteiger partial charge >= 0.3 is 5.97 Å². The molecule has 1 heterocycles. The van der Waals surface area contributed by atoms with Crippen molar-refractivity contribution in [3.8, 4) is 11.4 Å². The lowest BCUT2D eigenvalue weighted by atomic mass is 10.0. The molecule has 2 atom stereocenters. The van der Waals surface area contributed by atoms with Gasteiger partial charge in [-0.05, 0) is 42.5 Å². The molecule has 20 heavy (non-hydrogen) atoms. The predicted molar refractivity (Wildman–Crippen MR) is 69.7 cm³/mol. The van der Waals surface area contributed by atoms with Crippen molar-refractivity contribution in [1.29, 1.82) is 0 Å². The van der Waals surface area contributed by atoms with Crippen molar-refractivity contribution in [3.63, 3.8) is 0 Å². The van der Waals surface area contributed by atoms with Gasteiger partial charge in [-0.25, -0.2) is 9.07 Å². The fourth-order valence-electron chi connectivity index (χ4n) is 1.71. The average Bonchev–Trinajstić information content (AvgIpc) is 2.89. The zero-order chi connectivity index (χ0) is 14.9. The summed E-state index contributed by atoms with van der Waals surface area (Å²) in [7, 11) is 0. The highest BCUT2D eigenvalue weighted by molar-refractivity contribution is 6.30. The van der Waals surface area contributed by atoms with E-state index in [1.165, 1.54) is 16.8 Å². The van der Waals surface area contributed by atoms with Gasteiger partial charge in [0, 0.05) is 5.56 Å². The minimum Gasteiger partial charge on any atom is -0.481 e. The highest BCUT2D eigenvalue weighted by Gasteiger charge is 2.25. The second kappa shape index (κ2) is 5.54.